The molecule has 0 heterocycles. The summed E-state index contributed by atoms with van der Waals surface area (Å²) in [6, 6.07) is 11.2. The molecule has 0 aromatic heterocycles. The molecule has 142 valence electrons. The zero-order chi connectivity index (χ0) is 19.0. The molecule has 4 rings (SSSR count). The van der Waals surface area contributed by atoms with Crippen molar-refractivity contribution in [1.29, 1.82) is 0 Å². The predicted octanol–water partition coefficient (Wildman–Crippen LogP) is 7.43. The summed E-state index contributed by atoms with van der Waals surface area (Å²) >= 11 is 0. The molecule has 4 atom stereocenters. The molecule has 2 heteroatoms. The fraction of sp³-hybridized carbons (Fsp3) is 0.440. The number of fused-ring (bicyclic) bond motifs is 1. The van der Waals surface area contributed by atoms with Crippen LogP contribution in [0.15, 0.2) is 49.1 Å². The van der Waals surface area contributed by atoms with E-state index in [2.05, 4.69) is 24.8 Å². The van der Waals surface area contributed by atoms with Crippen LogP contribution in [-0.4, -0.2) is 0 Å². The molecular formula is C25H28F2. The molecule has 0 aliphatic heterocycles. The standard InChI is InChI=1S/C25H28F2/c1-3-17-4-5-22-13-21(11-10-20(22)12-17)18-6-8-19(9-7-18)23-14-24(26)16(2)25(27)15-23/h3,6-9,14-15,17,20-22H,1,4-5,10-13H2,2H3. The van der Waals surface area contributed by atoms with Crippen LogP contribution in [0, 0.1) is 36.3 Å². The molecule has 2 aromatic carbocycles. The van der Waals surface area contributed by atoms with Gasteiger partial charge in [-0.3, -0.25) is 0 Å². The van der Waals surface area contributed by atoms with Gasteiger partial charge in [-0.15, -0.1) is 6.58 Å². The second kappa shape index (κ2) is 7.58. The third-order valence-corrected chi connectivity index (χ3v) is 6.98. The van der Waals surface area contributed by atoms with Crippen molar-refractivity contribution in [3.8, 4) is 11.1 Å². The van der Waals surface area contributed by atoms with Crippen molar-refractivity contribution in [2.24, 2.45) is 17.8 Å². The molecule has 2 saturated carbocycles. The maximum absolute atomic E-state index is 13.9. The van der Waals surface area contributed by atoms with E-state index in [0.717, 1.165) is 23.3 Å². The van der Waals surface area contributed by atoms with Crippen LogP contribution in [0.5, 0.6) is 0 Å². The second-order valence-electron chi connectivity index (χ2n) is 8.53. The molecule has 2 aliphatic carbocycles. The van der Waals surface area contributed by atoms with Crippen LogP contribution in [0.3, 0.4) is 0 Å². The van der Waals surface area contributed by atoms with Crippen LogP contribution >= 0.6 is 0 Å². The summed E-state index contributed by atoms with van der Waals surface area (Å²) in [7, 11) is 0. The molecule has 0 N–H and O–H groups in total. The minimum atomic E-state index is -0.484. The van der Waals surface area contributed by atoms with Crippen LogP contribution in [0.2, 0.25) is 0 Å². The highest BCUT2D eigenvalue weighted by atomic mass is 19.1. The molecule has 0 radical (unpaired) electrons. The first kappa shape index (κ1) is 18.4. The van der Waals surface area contributed by atoms with E-state index in [-0.39, 0.29) is 5.56 Å². The minimum Gasteiger partial charge on any atom is -0.207 e. The van der Waals surface area contributed by atoms with Crippen LogP contribution in [-0.2, 0) is 0 Å². The quantitative estimate of drug-likeness (QED) is 0.496. The number of hydrogen-bond acceptors (Lipinski definition) is 0. The summed E-state index contributed by atoms with van der Waals surface area (Å²) in [5.41, 5.74) is 2.93. The van der Waals surface area contributed by atoms with Gasteiger partial charge < -0.3 is 0 Å². The van der Waals surface area contributed by atoms with E-state index in [1.54, 1.807) is 0 Å². The molecule has 2 aliphatic rings. The number of benzene rings is 2. The molecule has 4 unspecified atom stereocenters. The number of allylic oxidation sites excluding steroid dienone is 1. The van der Waals surface area contributed by atoms with Crippen molar-refractivity contribution >= 4 is 0 Å². The Bertz CT molecular complexity index is 798. The zero-order valence-corrected chi connectivity index (χ0v) is 16.1. The van der Waals surface area contributed by atoms with Crippen molar-refractivity contribution in [1.82, 2.24) is 0 Å². The van der Waals surface area contributed by atoms with E-state index < -0.39 is 11.6 Å². The van der Waals surface area contributed by atoms with Gasteiger partial charge in [0, 0.05) is 5.56 Å². The minimum absolute atomic E-state index is 0.0818. The van der Waals surface area contributed by atoms with Gasteiger partial charge >= 0.3 is 0 Å². The van der Waals surface area contributed by atoms with Crippen molar-refractivity contribution in [2.45, 2.75) is 51.4 Å². The summed E-state index contributed by atoms with van der Waals surface area (Å²) in [6.07, 6.45) is 9.94. The Kier molecular flexibility index (Phi) is 5.16. The van der Waals surface area contributed by atoms with Crippen LogP contribution in [0.4, 0.5) is 8.78 Å². The van der Waals surface area contributed by atoms with E-state index in [4.69, 9.17) is 0 Å². The lowest BCUT2D eigenvalue weighted by atomic mass is 9.64. The number of hydrogen-bond donors (Lipinski definition) is 0. The van der Waals surface area contributed by atoms with Crippen LogP contribution < -0.4 is 0 Å². The first-order valence-electron chi connectivity index (χ1n) is 10.2. The Morgan fingerprint density at radius 1 is 0.852 bits per heavy atom. The zero-order valence-electron chi connectivity index (χ0n) is 16.1. The monoisotopic (exact) mass is 366 g/mol. The highest BCUT2D eigenvalue weighted by molar-refractivity contribution is 5.64. The highest BCUT2D eigenvalue weighted by Crippen LogP contribution is 2.47. The Morgan fingerprint density at radius 2 is 1.48 bits per heavy atom. The lowest BCUT2D eigenvalue weighted by molar-refractivity contribution is 0.133. The third kappa shape index (κ3) is 3.72. The van der Waals surface area contributed by atoms with Crippen LogP contribution in [0.1, 0.15) is 55.6 Å². The van der Waals surface area contributed by atoms with Crippen molar-refractivity contribution in [3.63, 3.8) is 0 Å². The summed E-state index contributed by atoms with van der Waals surface area (Å²) in [5, 5.41) is 0. The molecular weight excluding hydrogens is 338 g/mol. The summed E-state index contributed by atoms with van der Waals surface area (Å²) in [5.74, 6) is 2.09. The first-order chi connectivity index (χ1) is 13.0. The van der Waals surface area contributed by atoms with Gasteiger partial charge in [0.25, 0.3) is 0 Å². The molecule has 0 nitrogen and oxygen atoms in total. The van der Waals surface area contributed by atoms with Gasteiger partial charge in [0.15, 0.2) is 0 Å². The van der Waals surface area contributed by atoms with Crippen LogP contribution in [0.25, 0.3) is 11.1 Å². The average molecular weight is 366 g/mol. The molecule has 2 fully saturated rings. The largest absolute Gasteiger partial charge is 0.207 e. The second-order valence-corrected chi connectivity index (χ2v) is 8.53. The van der Waals surface area contributed by atoms with Gasteiger partial charge in [-0.1, -0.05) is 30.3 Å². The maximum atomic E-state index is 13.9. The van der Waals surface area contributed by atoms with Gasteiger partial charge in [0.1, 0.15) is 11.6 Å². The SMILES string of the molecule is C=CC1CCC2CC(c3ccc(-c4cc(F)c(C)c(F)c4)cc3)CCC2C1. The third-order valence-electron chi connectivity index (χ3n) is 6.98. The number of rotatable bonds is 3. The van der Waals surface area contributed by atoms with Crippen molar-refractivity contribution in [3.05, 3.63) is 71.8 Å². The van der Waals surface area contributed by atoms with Crippen molar-refractivity contribution < 1.29 is 8.78 Å². The smallest absolute Gasteiger partial charge is 0.129 e. The van der Waals surface area contributed by atoms with Gasteiger partial charge in [-0.25, -0.2) is 8.78 Å². The van der Waals surface area contributed by atoms with E-state index in [1.165, 1.54) is 63.1 Å². The fourth-order valence-electron chi connectivity index (χ4n) is 5.20. The Balaban J connectivity index is 1.48. The fourth-order valence-corrected chi connectivity index (χ4v) is 5.20. The molecule has 0 amide bonds. The molecule has 0 saturated heterocycles. The van der Waals surface area contributed by atoms with Crippen molar-refractivity contribution in [2.75, 3.05) is 0 Å². The van der Waals surface area contributed by atoms with Gasteiger partial charge in [0.2, 0.25) is 0 Å². The Hall–Kier alpha value is -1.96. The van der Waals surface area contributed by atoms with Gasteiger partial charge in [0.05, 0.1) is 0 Å². The number of halogens is 2. The van der Waals surface area contributed by atoms with E-state index >= 15 is 0 Å². The maximum Gasteiger partial charge on any atom is 0.129 e. The van der Waals surface area contributed by atoms with Gasteiger partial charge in [-0.05, 0) is 97.9 Å². The Labute approximate surface area is 161 Å². The normalized spacial score (nSPS) is 27.8. The summed E-state index contributed by atoms with van der Waals surface area (Å²) < 4.78 is 27.7. The summed E-state index contributed by atoms with van der Waals surface area (Å²) in [4.78, 5) is 0. The van der Waals surface area contributed by atoms with E-state index in [0.29, 0.717) is 11.5 Å². The summed E-state index contributed by atoms with van der Waals surface area (Å²) in [6.45, 7) is 5.46. The van der Waals surface area contributed by atoms with E-state index in [1.807, 2.05) is 12.1 Å². The lowest BCUT2D eigenvalue weighted by Gasteiger charge is -2.41. The molecule has 0 bridgehead atoms. The Morgan fingerprint density at radius 3 is 2.15 bits per heavy atom. The average Bonchev–Trinajstić information content (AvgIpc) is 2.71. The topological polar surface area (TPSA) is 0 Å². The van der Waals surface area contributed by atoms with Gasteiger partial charge in [-0.2, -0.15) is 0 Å². The predicted molar refractivity (Wildman–Crippen MR) is 108 cm³/mol. The molecule has 0 spiro atoms. The lowest BCUT2D eigenvalue weighted by Crippen LogP contribution is -2.29. The first-order valence-corrected chi connectivity index (χ1v) is 10.2. The van der Waals surface area contributed by atoms with E-state index in [9.17, 15) is 8.78 Å². The highest BCUT2D eigenvalue weighted by Gasteiger charge is 2.35. The molecule has 2 aromatic rings. The molecule has 27 heavy (non-hydrogen) atoms.